The van der Waals surface area contributed by atoms with Crippen molar-refractivity contribution in [3.05, 3.63) is 74.8 Å². The summed E-state index contributed by atoms with van der Waals surface area (Å²) in [7, 11) is 0. The lowest BCUT2D eigenvalue weighted by Crippen LogP contribution is -2.05. The zero-order valence-electron chi connectivity index (χ0n) is 10.3. The fourth-order valence-electron chi connectivity index (χ4n) is 1.56. The minimum Gasteiger partial charge on any atom is -0.457 e. The summed E-state index contributed by atoms with van der Waals surface area (Å²) in [6.07, 6.45) is 0. The first-order valence-electron chi connectivity index (χ1n) is 5.72. The fourth-order valence-corrected chi connectivity index (χ4v) is 1.75. The highest BCUT2D eigenvalue weighted by atomic mass is 35.5. The molecule has 6 heteroatoms. The molecule has 0 spiro atoms. The van der Waals surface area contributed by atoms with Crippen LogP contribution >= 0.6 is 11.6 Å². The number of esters is 1. The lowest BCUT2D eigenvalue weighted by Gasteiger charge is -2.05. The number of rotatable bonds is 4. The van der Waals surface area contributed by atoms with Gasteiger partial charge in [0.05, 0.1) is 10.5 Å². The predicted octanol–water partition coefficient (Wildman–Crippen LogP) is 3.61. The lowest BCUT2D eigenvalue weighted by molar-refractivity contribution is -0.384. The van der Waals surface area contributed by atoms with Gasteiger partial charge in [0.2, 0.25) is 0 Å². The normalized spacial score (nSPS) is 10.1. The summed E-state index contributed by atoms with van der Waals surface area (Å²) in [4.78, 5) is 21.8. The highest BCUT2D eigenvalue weighted by Gasteiger charge is 2.09. The van der Waals surface area contributed by atoms with Crippen molar-refractivity contribution in [3.63, 3.8) is 0 Å². The molecule has 102 valence electrons. The van der Waals surface area contributed by atoms with E-state index in [0.29, 0.717) is 16.1 Å². The predicted molar refractivity (Wildman–Crippen MR) is 73.7 cm³/mol. The van der Waals surface area contributed by atoms with Crippen molar-refractivity contribution in [1.82, 2.24) is 0 Å². The van der Waals surface area contributed by atoms with Gasteiger partial charge in [-0.1, -0.05) is 17.7 Å². The molecule has 0 unspecified atom stereocenters. The number of non-ortho nitro benzene ring substituents is 1. The van der Waals surface area contributed by atoms with Crippen LogP contribution in [0, 0.1) is 10.1 Å². The van der Waals surface area contributed by atoms with E-state index >= 15 is 0 Å². The van der Waals surface area contributed by atoms with Crippen LogP contribution in [0.4, 0.5) is 5.69 Å². The van der Waals surface area contributed by atoms with E-state index in [9.17, 15) is 14.9 Å². The molecule has 0 saturated heterocycles. The Labute approximate surface area is 119 Å². The molecule has 0 bridgehead atoms. The van der Waals surface area contributed by atoms with Crippen molar-refractivity contribution in [2.75, 3.05) is 0 Å². The number of hydrogen-bond donors (Lipinski definition) is 0. The van der Waals surface area contributed by atoms with Gasteiger partial charge < -0.3 is 4.74 Å². The van der Waals surface area contributed by atoms with Gasteiger partial charge in [0, 0.05) is 17.2 Å². The third kappa shape index (κ3) is 3.55. The van der Waals surface area contributed by atoms with Crippen LogP contribution in [0.1, 0.15) is 15.9 Å². The number of nitro groups is 1. The third-order valence-corrected chi connectivity index (χ3v) is 2.81. The zero-order valence-corrected chi connectivity index (χ0v) is 11.0. The van der Waals surface area contributed by atoms with Gasteiger partial charge in [0.25, 0.3) is 5.69 Å². The maximum atomic E-state index is 11.8. The van der Waals surface area contributed by atoms with Crippen LogP contribution < -0.4 is 0 Å². The first-order chi connectivity index (χ1) is 9.56. The molecule has 5 nitrogen and oxygen atoms in total. The molecule has 0 aliphatic carbocycles. The quantitative estimate of drug-likeness (QED) is 0.490. The van der Waals surface area contributed by atoms with Gasteiger partial charge in [0.15, 0.2) is 0 Å². The van der Waals surface area contributed by atoms with E-state index in [1.165, 1.54) is 18.2 Å². The fraction of sp³-hybridized carbons (Fsp3) is 0.0714. The second kappa shape index (κ2) is 6.16. The Bertz CT molecular complexity index is 640. The van der Waals surface area contributed by atoms with Crippen LogP contribution in [-0.2, 0) is 11.3 Å². The van der Waals surface area contributed by atoms with Gasteiger partial charge in [-0.3, -0.25) is 10.1 Å². The molecular formula is C14H10ClNO4. The van der Waals surface area contributed by atoms with Crippen LogP contribution in [0.3, 0.4) is 0 Å². The molecular weight excluding hydrogens is 282 g/mol. The summed E-state index contributed by atoms with van der Waals surface area (Å²) in [6.45, 7) is 0.0450. The summed E-state index contributed by atoms with van der Waals surface area (Å²) in [5.74, 6) is -0.495. The standard InChI is InChI=1S/C14H10ClNO4/c15-12-3-1-2-11(8-12)14(17)20-9-10-4-6-13(7-5-10)16(18)19/h1-8H,9H2. The maximum Gasteiger partial charge on any atom is 0.338 e. The molecule has 20 heavy (non-hydrogen) atoms. The van der Waals surface area contributed by atoms with E-state index in [2.05, 4.69) is 0 Å². The second-order valence-electron chi connectivity index (χ2n) is 4.01. The number of halogens is 1. The molecule has 0 atom stereocenters. The van der Waals surface area contributed by atoms with Gasteiger partial charge in [0.1, 0.15) is 6.61 Å². The van der Waals surface area contributed by atoms with Crippen LogP contribution in [0.25, 0.3) is 0 Å². The molecule has 2 rings (SSSR count). The van der Waals surface area contributed by atoms with Crippen LogP contribution in [0.2, 0.25) is 5.02 Å². The van der Waals surface area contributed by atoms with Gasteiger partial charge in [-0.05, 0) is 35.9 Å². The summed E-state index contributed by atoms with van der Waals surface area (Å²) in [6, 6.07) is 12.3. The number of carbonyl (C=O) groups is 1. The molecule has 0 fully saturated rings. The van der Waals surface area contributed by atoms with Crippen molar-refractivity contribution in [2.24, 2.45) is 0 Å². The van der Waals surface area contributed by atoms with Crippen molar-refractivity contribution in [3.8, 4) is 0 Å². The number of ether oxygens (including phenoxy) is 1. The molecule has 0 heterocycles. The number of benzene rings is 2. The smallest absolute Gasteiger partial charge is 0.338 e. The van der Waals surface area contributed by atoms with E-state index in [4.69, 9.17) is 16.3 Å². The van der Waals surface area contributed by atoms with Crippen molar-refractivity contribution in [2.45, 2.75) is 6.61 Å². The third-order valence-electron chi connectivity index (χ3n) is 2.58. The molecule has 0 saturated carbocycles. The van der Waals surface area contributed by atoms with Crippen molar-refractivity contribution in [1.29, 1.82) is 0 Å². The molecule has 0 aliphatic rings. The van der Waals surface area contributed by atoms with Crippen LogP contribution in [0.5, 0.6) is 0 Å². The number of carbonyl (C=O) groups excluding carboxylic acids is 1. The Morgan fingerprint density at radius 2 is 1.90 bits per heavy atom. The van der Waals surface area contributed by atoms with Gasteiger partial charge >= 0.3 is 5.97 Å². The SMILES string of the molecule is O=C(OCc1ccc([N+](=O)[O-])cc1)c1cccc(Cl)c1. The Hall–Kier alpha value is -2.40. The van der Waals surface area contributed by atoms with E-state index in [1.807, 2.05) is 0 Å². The Balaban J connectivity index is 1.98. The zero-order chi connectivity index (χ0) is 14.5. The monoisotopic (exact) mass is 291 g/mol. The molecule has 0 N–H and O–H groups in total. The van der Waals surface area contributed by atoms with Gasteiger partial charge in [-0.2, -0.15) is 0 Å². The maximum absolute atomic E-state index is 11.8. The largest absolute Gasteiger partial charge is 0.457 e. The Morgan fingerprint density at radius 3 is 2.50 bits per heavy atom. The minimum atomic E-state index is -0.495. The topological polar surface area (TPSA) is 69.4 Å². The highest BCUT2D eigenvalue weighted by molar-refractivity contribution is 6.30. The first kappa shape index (κ1) is 14.0. The molecule has 0 aromatic heterocycles. The van der Waals surface area contributed by atoms with Crippen LogP contribution in [-0.4, -0.2) is 10.9 Å². The van der Waals surface area contributed by atoms with Crippen molar-refractivity contribution < 1.29 is 14.5 Å². The van der Waals surface area contributed by atoms with Crippen LogP contribution in [0.15, 0.2) is 48.5 Å². The Kier molecular flexibility index (Phi) is 4.32. The molecule has 2 aromatic rings. The summed E-state index contributed by atoms with van der Waals surface area (Å²) in [5, 5.41) is 11.0. The average Bonchev–Trinajstić information content (AvgIpc) is 2.45. The molecule has 0 aliphatic heterocycles. The van der Waals surface area contributed by atoms with E-state index in [1.54, 1.807) is 30.3 Å². The molecule has 0 amide bonds. The van der Waals surface area contributed by atoms with Gasteiger partial charge in [-0.15, -0.1) is 0 Å². The summed E-state index contributed by atoms with van der Waals surface area (Å²) in [5.41, 5.74) is 1.03. The highest BCUT2D eigenvalue weighted by Crippen LogP contribution is 2.15. The van der Waals surface area contributed by atoms with Crippen molar-refractivity contribution >= 4 is 23.3 Å². The summed E-state index contributed by atoms with van der Waals surface area (Å²) < 4.78 is 5.10. The van der Waals surface area contributed by atoms with E-state index < -0.39 is 10.9 Å². The average molecular weight is 292 g/mol. The first-order valence-corrected chi connectivity index (χ1v) is 6.10. The second-order valence-corrected chi connectivity index (χ2v) is 4.45. The molecule has 2 aromatic carbocycles. The number of nitro benzene ring substituents is 1. The number of hydrogen-bond acceptors (Lipinski definition) is 4. The summed E-state index contributed by atoms with van der Waals surface area (Å²) >= 11 is 5.78. The minimum absolute atomic E-state index is 0.00471. The number of nitrogens with zero attached hydrogens (tertiary/aromatic N) is 1. The molecule has 0 radical (unpaired) electrons. The van der Waals surface area contributed by atoms with Gasteiger partial charge in [-0.25, -0.2) is 4.79 Å². The lowest BCUT2D eigenvalue weighted by atomic mass is 10.2. The van der Waals surface area contributed by atoms with E-state index in [-0.39, 0.29) is 12.3 Å². The van der Waals surface area contributed by atoms with E-state index in [0.717, 1.165) is 0 Å². The Morgan fingerprint density at radius 1 is 1.20 bits per heavy atom.